The second-order valence-electron chi connectivity index (χ2n) is 7.87. The summed E-state index contributed by atoms with van der Waals surface area (Å²) in [5.41, 5.74) is 0.130. The van der Waals surface area contributed by atoms with Gasteiger partial charge in [-0.3, -0.25) is 4.79 Å². The zero-order valence-electron chi connectivity index (χ0n) is 16.1. The molecule has 1 aromatic carbocycles. The van der Waals surface area contributed by atoms with Crippen LogP contribution in [0.5, 0.6) is 0 Å². The van der Waals surface area contributed by atoms with Crippen LogP contribution in [0.3, 0.4) is 0 Å². The molecule has 26 heavy (non-hydrogen) atoms. The molecular formula is C20H30N2O3S. The zero-order chi connectivity index (χ0) is 19.4. The summed E-state index contributed by atoms with van der Waals surface area (Å²) in [5.74, 6) is 0.0213. The third-order valence-corrected chi connectivity index (χ3v) is 5.02. The molecule has 1 fully saturated rings. The highest BCUT2D eigenvalue weighted by Gasteiger charge is 2.39. The molecule has 1 unspecified atom stereocenters. The molecule has 0 spiro atoms. The molecule has 0 bridgehead atoms. The number of rotatable bonds is 4. The molecule has 0 saturated heterocycles. The van der Waals surface area contributed by atoms with Crippen LogP contribution >= 0.6 is 12.6 Å². The summed E-state index contributed by atoms with van der Waals surface area (Å²) in [6.07, 6.45) is 2.68. The van der Waals surface area contributed by atoms with Gasteiger partial charge in [0.2, 0.25) is 0 Å². The monoisotopic (exact) mass is 378 g/mol. The molecule has 144 valence electrons. The van der Waals surface area contributed by atoms with Gasteiger partial charge in [0.25, 0.3) is 5.91 Å². The smallest absolute Gasteiger partial charge is 0.408 e. The Morgan fingerprint density at radius 2 is 1.96 bits per heavy atom. The highest BCUT2D eigenvalue weighted by atomic mass is 32.1. The minimum Gasteiger partial charge on any atom is -0.444 e. The second kappa shape index (κ2) is 8.33. The van der Waals surface area contributed by atoms with Crippen LogP contribution < -0.4 is 5.32 Å². The normalized spacial score (nSPS) is 23.2. The quantitative estimate of drug-likeness (QED) is 0.608. The van der Waals surface area contributed by atoms with Crippen LogP contribution in [0.25, 0.3) is 0 Å². The molecule has 1 aliphatic rings. The van der Waals surface area contributed by atoms with Crippen LogP contribution in [0.1, 0.15) is 63.7 Å². The van der Waals surface area contributed by atoms with Crippen molar-refractivity contribution in [1.82, 2.24) is 10.2 Å². The van der Waals surface area contributed by atoms with Crippen molar-refractivity contribution in [2.75, 3.05) is 6.54 Å². The van der Waals surface area contributed by atoms with E-state index in [1.54, 1.807) is 0 Å². The molecule has 1 aliphatic carbocycles. The van der Waals surface area contributed by atoms with Gasteiger partial charge in [-0.05, 0) is 59.1 Å². The summed E-state index contributed by atoms with van der Waals surface area (Å²) in [5, 5.41) is 2.90. The first-order chi connectivity index (χ1) is 12.1. The molecule has 0 heterocycles. The van der Waals surface area contributed by atoms with E-state index in [0.29, 0.717) is 18.5 Å². The second-order valence-corrected chi connectivity index (χ2v) is 8.72. The van der Waals surface area contributed by atoms with Crippen molar-refractivity contribution >= 4 is 24.6 Å². The largest absolute Gasteiger partial charge is 0.444 e. The predicted octanol–water partition coefficient (Wildman–Crippen LogP) is 4.24. The first-order valence-electron chi connectivity index (χ1n) is 9.23. The van der Waals surface area contributed by atoms with Gasteiger partial charge in [-0.2, -0.15) is 12.6 Å². The van der Waals surface area contributed by atoms with E-state index >= 15 is 0 Å². The van der Waals surface area contributed by atoms with Crippen LogP contribution in [0, 0.1) is 0 Å². The number of carbonyl (C=O) groups excluding carboxylic acids is 2. The topological polar surface area (TPSA) is 58.6 Å². The molecule has 6 heteroatoms. The Labute approximate surface area is 161 Å². The van der Waals surface area contributed by atoms with Gasteiger partial charge in [0, 0.05) is 24.6 Å². The van der Waals surface area contributed by atoms with Crippen molar-refractivity contribution in [1.29, 1.82) is 0 Å². The summed E-state index contributed by atoms with van der Waals surface area (Å²) in [7, 11) is 0. The average molecular weight is 379 g/mol. The van der Waals surface area contributed by atoms with Crippen molar-refractivity contribution in [2.45, 2.75) is 69.9 Å². The first kappa shape index (κ1) is 20.6. The molecule has 1 N–H and O–H groups in total. The summed E-state index contributed by atoms with van der Waals surface area (Å²) in [6, 6.07) is 9.34. The molecule has 1 aromatic rings. The molecule has 2 atom stereocenters. The Kier molecular flexibility index (Phi) is 6.61. The number of hydrogen-bond donors (Lipinski definition) is 2. The molecule has 0 aliphatic heterocycles. The predicted molar refractivity (Wildman–Crippen MR) is 106 cm³/mol. The standard InChI is InChI=1S/C20H30N2O3S/c1-5-22(17(23)15-10-7-6-8-11-15)16-12-9-13-20(26,14-16)21-18(24)25-19(2,3)4/h6-8,10-11,16,26H,5,9,12-14H2,1-4H3,(H,21,24)/t16-,20?/m0/s1. The van der Waals surface area contributed by atoms with Crippen molar-refractivity contribution in [3.05, 3.63) is 35.9 Å². The van der Waals surface area contributed by atoms with Crippen LogP contribution in [-0.2, 0) is 4.74 Å². The van der Waals surface area contributed by atoms with Crippen LogP contribution in [0.15, 0.2) is 30.3 Å². The fraction of sp³-hybridized carbons (Fsp3) is 0.600. The van der Waals surface area contributed by atoms with E-state index in [0.717, 1.165) is 19.3 Å². The fourth-order valence-corrected chi connectivity index (χ4v) is 3.87. The van der Waals surface area contributed by atoms with E-state index in [1.807, 2.05) is 62.9 Å². The van der Waals surface area contributed by atoms with Gasteiger partial charge >= 0.3 is 6.09 Å². The van der Waals surface area contributed by atoms with Gasteiger partial charge in [0.1, 0.15) is 5.60 Å². The Morgan fingerprint density at radius 3 is 2.54 bits per heavy atom. The number of carbonyl (C=O) groups is 2. The van der Waals surface area contributed by atoms with Gasteiger partial charge < -0.3 is 15.0 Å². The average Bonchev–Trinajstić information content (AvgIpc) is 2.54. The van der Waals surface area contributed by atoms with Gasteiger partial charge in [-0.1, -0.05) is 18.2 Å². The van der Waals surface area contributed by atoms with Gasteiger partial charge in [-0.15, -0.1) is 0 Å². The van der Waals surface area contributed by atoms with Gasteiger partial charge in [0.15, 0.2) is 0 Å². The number of hydrogen-bond acceptors (Lipinski definition) is 4. The Morgan fingerprint density at radius 1 is 1.31 bits per heavy atom. The summed E-state index contributed by atoms with van der Waals surface area (Å²) in [4.78, 5) is 26.3. The molecular weight excluding hydrogens is 348 g/mol. The minimum atomic E-state index is -0.671. The van der Waals surface area contributed by atoms with Crippen molar-refractivity contribution in [2.24, 2.45) is 0 Å². The zero-order valence-corrected chi connectivity index (χ0v) is 17.0. The first-order valence-corrected chi connectivity index (χ1v) is 9.68. The Hall–Kier alpha value is -1.69. The van der Waals surface area contributed by atoms with Crippen LogP contribution in [-0.4, -0.2) is 40.0 Å². The molecule has 0 aromatic heterocycles. The van der Waals surface area contributed by atoms with Gasteiger partial charge in [-0.25, -0.2) is 4.79 Å². The molecule has 0 radical (unpaired) electrons. The maximum absolute atomic E-state index is 12.9. The molecule has 2 rings (SSSR count). The SMILES string of the molecule is CCN(C(=O)c1ccccc1)[C@H]1CCCC(S)(NC(=O)OC(C)(C)C)C1. The minimum absolute atomic E-state index is 0.0213. The van der Waals surface area contributed by atoms with E-state index in [-0.39, 0.29) is 11.9 Å². The summed E-state index contributed by atoms with van der Waals surface area (Å²) in [6.45, 7) is 8.10. The van der Waals surface area contributed by atoms with Crippen LogP contribution in [0.4, 0.5) is 4.79 Å². The highest BCUT2D eigenvalue weighted by molar-refractivity contribution is 7.81. The fourth-order valence-electron chi connectivity index (χ4n) is 3.41. The van der Waals surface area contributed by atoms with Crippen molar-refractivity contribution in [3.8, 4) is 0 Å². The number of nitrogens with zero attached hydrogens (tertiary/aromatic N) is 1. The lowest BCUT2D eigenvalue weighted by atomic mass is 9.89. The highest BCUT2D eigenvalue weighted by Crippen LogP contribution is 2.35. The van der Waals surface area contributed by atoms with Gasteiger partial charge in [0.05, 0.1) is 4.87 Å². The number of nitrogens with one attached hydrogen (secondary N) is 1. The molecule has 5 nitrogen and oxygen atoms in total. The van der Waals surface area contributed by atoms with Crippen molar-refractivity contribution in [3.63, 3.8) is 0 Å². The lowest BCUT2D eigenvalue weighted by Crippen LogP contribution is -2.54. The van der Waals surface area contributed by atoms with E-state index in [9.17, 15) is 9.59 Å². The number of ether oxygens (including phenoxy) is 1. The Balaban J connectivity index is 2.07. The number of alkyl carbamates (subject to hydrolysis) is 1. The maximum Gasteiger partial charge on any atom is 0.408 e. The summed E-state index contributed by atoms with van der Waals surface area (Å²) >= 11 is 4.74. The van der Waals surface area contributed by atoms with Crippen LogP contribution in [0.2, 0.25) is 0 Å². The maximum atomic E-state index is 12.9. The van der Waals surface area contributed by atoms with E-state index in [1.165, 1.54) is 0 Å². The van der Waals surface area contributed by atoms with E-state index < -0.39 is 16.6 Å². The lowest BCUT2D eigenvalue weighted by molar-refractivity contribution is 0.0440. The third kappa shape index (κ3) is 5.66. The van der Waals surface area contributed by atoms with Crippen molar-refractivity contribution < 1.29 is 14.3 Å². The number of benzene rings is 1. The Bertz CT molecular complexity index is 630. The molecule has 1 saturated carbocycles. The number of amides is 2. The molecule has 2 amide bonds. The third-order valence-electron chi connectivity index (χ3n) is 4.50. The van der Waals surface area contributed by atoms with E-state index in [4.69, 9.17) is 17.4 Å². The summed E-state index contributed by atoms with van der Waals surface area (Å²) < 4.78 is 5.37. The lowest BCUT2D eigenvalue weighted by Gasteiger charge is -2.42. The number of thiol groups is 1. The van der Waals surface area contributed by atoms with E-state index in [2.05, 4.69) is 5.32 Å².